The Morgan fingerprint density at radius 3 is 2.81 bits per heavy atom. The highest BCUT2D eigenvalue weighted by molar-refractivity contribution is 6.02. The third-order valence-electron chi connectivity index (χ3n) is 3.58. The maximum absolute atomic E-state index is 9.45. The number of nitrogens with zero attached hydrogens (tertiary/aromatic N) is 2. The van der Waals surface area contributed by atoms with Crippen molar-refractivity contribution < 1.29 is 10.2 Å². The van der Waals surface area contributed by atoms with Crippen molar-refractivity contribution in [2.24, 2.45) is 15.7 Å². The van der Waals surface area contributed by atoms with Gasteiger partial charge in [0.25, 0.3) is 0 Å². The van der Waals surface area contributed by atoms with Crippen molar-refractivity contribution in [3.63, 3.8) is 0 Å². The minimum absolute atomic E-state index is 0.105. The van der Waals surface area contributed by atoms with Crippen LogP contribution in [-0.2, 0) is 6.42 Å². The number of aromatic hydroxyl groups is 2. The van der Waals surface area contributed by atoms with Crippen molar-refractivity contribution in [3.8, 4) is 11.5 Å². The van der Waals surface area contributed by atoms with Gasteiger partial charge in [-0.1, -0.05) is 6.07 Å². The fraction of sp³-hybridized carbons (Fsp3) is 0.467. The number of amidine groups is 2. The molecule has 21 heavy (non-hydrogen) atoms. The molecule has 1 heterocycles. The molecule has 0 aromatic heterocycles. The van der Waals surface area contributed by atoms with Crippen LogP contribution in [-0.4, -0.2) is 40.5 Å². The molecule has 0 fully saturated rings. The summed E-state index contributed by atoms with van der Waals surface area (Å²) in [5.74, 6) is 1.23. The second kappa shape index (κ2) is 6.47. The minimum atomic E-state index is -0.109. The van der Waals surface area contributed by atoms with Crippen molar-refractivity contribution in [3.05, 3.63) is 23.8 Å². The molecule has 0 aliphatic carbocycles. The zero-order valence-corrected chi connectivity index (χ0v) is 12.4. The summed E-state index contributed by atoms with van der Waals surface area (Å²) in [5.41, 5.74) is 6.79. The molecule has 1 aromatic carbocycles. The predicted octanol–water partition coefficient (Wildman–Crippen LogP) is 1.17. The van der Waals surface area contributed by atoms with E-state index >= 15 is 0 Å². The molecular formula is C15H22N4O2. The number of benzene rings is 1. The zero-order chi connectivity index (χ0) is 15.4. The highest BCUT2D eigenvalue weighted by Gasteiger charge is 2.18. The number of phenols is 2. The summed E-state index contributed by atoms with van der Waals surface area (Å²) in [7, 11) is 0. The number of nitrogens with two attached hydrogens (primary N) is 1. The van der Waals surface area contributed by atoms with E-state index in [1.807, 2.05) is 6.92 Å². The van der Waals surface area contributed by atoms with E-state index in [1.165, 1.54) is 6.07 Å². The van der Waals surface area contributed by atoms with Crippen LogP contribution >= 0.6 is 0 Å². The Kier molecular flexibility index (Phi) is 4.67. The molecule has 5 N–H and O–H groups in total. The van der Waals surface area contributed by atoms with Crippen LogP contribution in [0.2, 0.25) is 0 Å². The summed E-state index contributed by atoms with van der Waals surface area (Å²) < 4.78 is 0. The predicted molar refractivity (Wildman–Crippen MR) is 84.1 cm³/mol. The van der Waals surface area contributed by atoms with Crippen molar-refractivity contribution in [2.75, 3.05) is 6.54 Å². The molecular weight excluding hydrogens is 268 g/mol. The van der Waals surface area contributed by atoms with Gasteiger partial charge in [-0.05, 0) is 38.0 Å². The fourth-order valence-electron chi connectivity index (χ4n) is 2.17. The third-order valence-corrected chi connectivity index (χ3v) is 3.58. The molecule has 114 valence electrons. The van der Waals surface area contributed by atoms with Crippen LogP contribution in [0.1, 0.15) is 25.8 Å². The van der Waals surface area contributed by atoms with Crippen molar-refractivity contribution in [1.29, 1.82) is 0 Å². The number of nitrogens with one attached hydrogen (secondary N) is 1. The first-order valence-electron chi connectivity index (χ1n) is 7.08. The van der Waals surface area contributed by atoms with E-state index in [-0.39, 0.29) is 23.6 Å². The molecule has 0 saturated carbocycles. The molecule has 2 unspecified atom stereocenters. The van der Waals surface area contributed by atoms with Crippen LogP contribution in [0.15, 0.2) is 28.2 Å². The van der Waals surface area contributed by atoms with E-state index in [9.17, 15) is 10.2 Å². The lowest BCUT2D eigenvalue weighted by molar-refractivity contribution is 0.403. The van der Waals surface area contributed by atoms with E-state index < -0.39 is 0 Å². The number of hydrogen-bond donors (Lipinski definition) is 4. The Labute approximate surface area is 124 Å². The Morgan fingerprint density at radius 1 is 1.33 bits per heavy atom. The second-order valence-electron chi connectivity index (χ2n) is 5.37. The molecule has 1 aliphatic heterocycles. The van der Waals surface area contributed by atoms with Crippen LogP contribution < -0.4 is 11.1 Å². The van der Waals surface area contributed by atoms with Crippen LogP contribution in [0.4, 0.5) is 0 Å². The average molecular weight is 290 g/mol. The monoisotopic (exact) mass is 290 g/mol. The van der Waals surface area contributed by atoms with Gasteiger partial charge < -0.3 is 21.3 Å². The number of phenolic OH excluding ortho intramolecular Hbond substituents is 2. The maximum Gasteiger partial charge on any atom is 0.157 e. The highest BCUT2D eigenvalue weighted by atomic mass is 16.3. The van der Waals surface area contributed by atoms with Gasteiger partial charge in [-0.2, -0.15) is 0 Å². The summed E-state index contributed by atoms with van der Waals surface area (Å²) in [6, 6.07) is 5.14. The van der Waals surface area contributed by atoms with Gasteiger partial charge in [-0.25, -0.2) is 0 Å². The maximum atomic E-state index is 9.45. The Morgan fingerprint density at radius 2 is 2.10 bits per heavy atom. The lowest BCUT2D eigenvalue weighted by Gasteiger charge is -2.16. The van der Waals surface area contributed by atoms with Crippen LogP contribution in [0, 0.1) is 0 Å². The van der Waals surface area contributed by atoms with Gasteiger partial charge in [-0.15, -0.1) is 0 Å². The molecule has 1 aromatic rings. The smallest absolute Gasteiger partial charge is 0.157 e. The van der Waals surface area contributed by atoms with Gasteiger partial charge in [-0.3, -0.25) is 9.98 Å². The number of aliphatic imine (C=N–C) groups is 2. The molecule has 0 spiro atoms. The van der Waals surface area contributed by atoms with E-state index in [4.69, 9.17) is 5.73 Å². The summed E-state index contributed by atoms with van der Waals surface area (Å²) in [6.07, 6.45) is 1.22. The molecule has 6 nitrogen and oxygen atoms in total. The number of rotatable bonds is 3. The van der Waals surface area contributed by atoms with Gasteiger partial charge in [0.15, 0.2) is 11.5 Å². The lowest BCUT2D eigenvalue weighted by Crippen LogP contribution is -2.37. The third kappa shape index (κ3) is 4.11. The molecule has 6 heteroatoms. The minimum Gasteiger partial charge on any atom is -0.504 e. The largest absolute Gasteiger partial charge is 0.504 e. The van der Waals surface area contributed by atoms with Gasteiger partial charge >= 0.3 is 0 Å². The molecule has 2 rings (SSSR count). The van der Waals surface area contributed by atoms with Gasteiger partial charge in [0.05, 0.1) is 12.5 Å². The van der Waals surface area contributed by atoms with E-state index in [1.54, 1.807) is 12.1 Å². The molecule has 2 atom stereocenters. The van der Waals surface area contributed by atoms with E-state index in [2.05, 4.69) is 22.2 Å². The highest BCUT2D eigenvalue weighted by Crippen LogP contribution is 2.24. The standard InChI is InChI=1S/C15H22N4O2/c1-9-10(2)19-15(8-14(16)18-9)17-6-5-11-3-4-12(20)13(21)7-11/h3-4,7,9-10,20-21H,5-6,8H2,1-2H3,(H2,16,18)(H,17,19). The zero-order valence-electron chi connectivity index (χ0n) is 12.4. The lowest BCUT2D eigenvalue weighted by atomic mass is 10.1. The topological polar surface area (TPSA) is 103 Å². The van der Waals surface area contributed by atoms with Gasteiger partial charge in [0.2, 0.25) is 0 Å². The SMILES string of the molecule is CC1N=C(N)CC(=NCCc2ccc(O)c(O)c2)NC1C. The first-order valence-corrected chi connectivity index (χ1v) is 7.08. The van der Waals surface area contributed by atoms with Crippen molar-refractivity contribution >= 4 is 11.7 Å². The van der Waals surface area contributed by atoms with Crippen molar-refractivity contribution in [2.45, 2.75) is 38.8 Å². The summed E-state index contributed by atoms with van der Waals surface area (Å²) >= 11 is 0. The summed E-state index contributed by atoms with van der Waals surface area (Å²) in [4.78, 5) is 8.91. The second-order valence-corrected chi connectivity index (χ2v) is 5.37. The first-order chi connectivity index (χ1) is 9.95. The molecule has 0 radical (unpaired) electrons. The van der Waals surface area contributed by atoms with Gasteiger partial charge in [0, 0.05) is 12.6 Å². The fourth-order valence-corrected chi connectivity index (χ4v) is 2.17. The first kappa shape index (κ1) is 15.2. The molecule has 0 saturated heterocycles. The number of hydrogen-bond acceptors (Lipinski definition) is 5. The van der Waals surface area contributed by atoms with Crippen LogP contribution in [0.5, 0.6) is 11.5 Å². The Balaban J connectivity index is 1.97. The summed E-state index contributed by atoms with van der Waals surface area (Å²) in [6.45, 7) is 4.66. The molecule has 0 bridgehead atoms. The van der Waals surface area contributed by atoms with Crippen LogP contribution in [0.3, 0.4) is 0 Å². The average Bonchev–Trinajstić information content (AvgIpc) is 2.53. The van der Waals surface area contributed by atoms with Crippen molar-refractivity contribution in [1.82, 2.24) is 5.32 Å². The Bertz CT molecular complexity index is 569. The molecule has 1 aliphatic rings. The van der Waals surface area contributed by atoms with E-state index in [0.29, 0.717) is 25.2 Å². The normalized spacial score (nSPS) is 24.3. The van der Waals surface area contributed by atoms with Gasteiger partial charge in [0.1, 0.15) is 11.7 Å². The van der Waals surface area contributed by atoms with Crippen LogP contribution in [0.25, 0.3) is 0 Å². The van der Waals surface area contributed by atoms with E-state index in [0.717, 1.165) is 11.4 Å². The molecule has 0 amide bonds. The Hall–Kier alpha value is -2.24. The summed E-state index contributed by atoms with van der Waals surface area (Å²) in [5, 5.41) is 22.1. The quantitative estimate of drug-likeness (QED) is 0.627.